The van der Waals surface area contributed by atoms with Crippen LogP contribution in [0.4, 0.5) is 18.9 Å². The zero-order valence-electron chi connectivity index (χ0n) is 17.8. The number of carbonyl (C=O) groups excluding carboxylic acids is 2. The van der Waals surface area contributed by atoms with Crippen molar-refractivity contribution in [3.8, 4) is 6.07 Å². The lowest BCUT2D eigenvalue weighted by atomic mass is 10.1. The molecule has 2 aromatic carbocycles. The Hall–Kier alpha value is -3.43. The average molecular weight is 482 g/mol. The summed E-state index contributed by atoms with van der Waals surface area (Å²) in [4.78, 5) is 24.0. The fourth-order valence-corrected chi connectivity index (χ4v) is 3.94. The zero-order valence-corrected chi connectivity index (χ0v) is 18.6. The number of amides is 2. The molecule has 12 heteroatoms. The molecule has 1 N–H and O–H groups in total. The average Bonchev–Trinajstić information content (AvgIpc) is 2.72. The maximum atomic E-state index is 13.1. The maximum absolute atomic E-state index is 13.1. The summed E-state index contributed by atoms with van der Waals surface area (Å²) >= 11 is 0. The van der Waals surface area contributed by atoms with Crippen LogP contribution in [0.1, 0.15) is 18.1 Å². The number of nitrogens with zero attached hydrogens (tertiary/aromatic N) is 3. The molecule has 0 heterocycles. The predicted octanol–water partition coefficient (Wildman–Crippen LogP) is 2.73. The smallest absolute Gasteiger partial charge is 0.328 e. The number of hydrogen-bond donors (Lipinski definition) is 1. The summed E-state index contributed by atoms with van der Waals surface area (Å²) in [5.41, 5.74) is 1.02. The molecule has 0 saturated carbocycles. The van der Waals surface area contributed by atoms with Crippen molar-refractivity contribution in [2.24, 2.45) is 0 Å². The van der Waals surface area contributed by atoms with Gasteiger partial charge in [-0.05, 0) is 42.0 Å². The topological polar surface area (TPSA) is 111 Å². The molecular weight excluding hydrogens is 461 g/mol. The molecular formula is C21H21F3N4O4S. The Bertz CT molecular complexity index is 1140. The van der Waals surface area contributed by atoms with E-state index in [1.807, 2.05) is 6.07 Å². The SMILES string of the molecule is CC(=O)Nc1ccc(S(=O)(=O)N(C)CC(=O)N(Cc2ccc(C#N)cc2)CC(F)(F)F)cc1. The number of nitriles is 1. The van der Waals surface area contributed by atoms with Gasteiger partial charge in [0.05, 0.1) is 23.1 Å². The van der Waals surface area contributed by atoms with E-state index in [0.29, 0.717) is 26.0 Å². The molecule has 2 aromatic rings. The van der Waals surface area contributed by atoms with Crippen molar-refractivity contribution < 1.29 is 31.2 Å². The lowest BCUT2D eigenvalue weighted by Crippen LogP contribution is -2.44. The Morgan fingerprint density at radius 2 is 1.64 bits per heavy atom. The van der Waals surface area contributed by atoms with Gasteiger partial charge in [0, 0.05) is 26.2 Å². The van der Waals surface area contributed by atoms with Gasteiger partial charge in [-0.2, -0.15) is 22.7 Å². The minimum Gasteiger partial charge on any atom is -0.328 e. The van der Waals surface area contributed by atoms with Gasteiger partial charge in [-0.3, -0.25) is 9.59 Å². The van der Waals surface area contributed by atoms with Crippen LogP contribution >= 0.6 is 0 Å². The Kier molecular flexibility index (Phi) is 8.18. The van der Waals surface area contributed by atoms with Crippen molar-refractivity contribution in [2.45, 2.75) is 24.5 Å². The van der Waals surface area contributed by atoms with Gasteiger partial charge < -0.3 is 10.2 Å². The summed E-state index contributed by atoms with van der Waals surface area (Å²) in [7, 11) is -3.10. The molecule has 2 rings (SSSR count). The Morgan fingerprint density at radius 1 is 1.06 bits per heavy atom. The van der Waals surface area contributed by atoms with Gasteiger partial charge >= 0.3 is 6.18 Å². The van der Waals surface area contributed by atoms with Crippen molar-refractivity contribution >= 4 is 27.5 Å². The second-order valence-electron chi connectivity index (χ2n) is 7.14. The first-order chi connectivity index (χ1) is 15.3. The first-order valence-electron chi connectivity index (χ1n) is 9.49. The monoisotopic (exact) mass is 482 g/mol. The molecule has 0 atom stereocenters. The Labute approximate surface area is 189 Å². The van der Waals surface area contributed by atoms with Crippen LogP contribution in [0.5, 0.6) is 0 Å². The quantitative estimate of drug-likeness (QED) is 0.622. The highest BCUT2D eigenvalue weighted by Gasteiger charge is 2.34. The Morgan fingerprint density at radius 3 is 2.12 bits per heavy atom. The van der Waals surface area contributed by atoms with Crippen LogP contribution in [0.25, 0.3) is 0 Å². The standard InChI is InChI=1S/C21H21F3N4O4S/c1-15(29)26-18-7-9-19(10-8-18)33(31,32)27(2)13-20(30)28(14-21(22,23)24)12-17-5-3-16(11-25)4-6-17/h3-10H,12-14H2,1-2H3,(H,26,29). The fraction of sp³-hybridized carbons (Fsp3) is 0.286. The van der Waals surface area contributed by atoms with E-state index in [-0.39, 0.29) is 10.8 Å². The van der Waals surface area contributed by atoms with Crippen LogP contribution in [0.15, 0.2) is 53.4 Å². The molecule has 33 heavy (non-hydrogen) atoms. The first kappa shape index (κ1) is 25.8. The summed E-state index contributed by atoms with van der Waals surface area (Å²) in [5.74, 6) is -1.39. The molecule has 0 radical (unpaired) electrons. The van der Waals surface area contributed by atoms with E-state index in [1.54, 1.807) is 0 Å². The number of rotatable bonds is 8. The second kappa shape index (κ2) is 10.5. The highest BCUT2D eigenvalue weighted by atomic mass is 32.2. The number of nitrogens with one attached hydrogen (secondary N) is 1. The highest BCUT2D eigenvalue weighted by Crippen LogP contribution is 2.21. The van der Waals surface area contributed by atoms with Crippen LogP contribution in [0.2, 0.25) is 0 Å². The zero-order chi connectivity index (χ0) is 24.8. The molecule has 8 nitrogen and oxygen atoms in total. The van der Waals surface area contributed by atoms with E-state index in [9.17, 15) is 31.2 Å². The number of hydrogen-bond acceptors (Lipinski definition) is 5. The van der Waals surface area contributed by atoms with Crippen molar-refractivity contribution in [1.29, 1.82) is 5.26 Å². The molecule has 0 fully saturated rings. The predicted molar refractivity (Wildman–Crippen MR) is 113 cm³/mol. The van der Waals surface area contributed by atoms with Crippen LogP contribution < -0.4 is 5.32 Å². The molecule has 0 spiro atoms. The molecule has 0 unspecified atom stereocenters. The van der Waals surface area contributed by atoms with Gasteiger partial charge in [0.25, 0.3) is 0 Å². The van der Waals surface area contributed by atoms with Crippen molar-refractivity contribution in [3.05, 3.63) is 59.7 Å². The van der Waals surface area contributed by atoms with Gasteiger partial charge in [-0.15, -0.1) is 0 Å². The Balaban J connectivity index is 2.18. The number of halogens is 3. The second-order valence-corrected chi connectivity index (χ2v) is 9.19. The summed E-state index contributed by atoms with van der Waals surface area (Å²) in [5, 5.41) is 11.3. The lowest BCUT2D eigenvalue weighted by Gasteiger charge is -2.26. The van der Waals surface area contributed by atoms with Gasteiger partial charge in [-0.25, -0.2) is 8.42 Å². The molecule has 176 valence electrons. The summed E-state index contributed by atoms with van der Waals surface area (Å²) in [6.07, 6.45) is -4.70. The largest absolute Gasteiger partial charge is 0.406 e. The van der Waals surface area contributed by atoms with E-state index < -0.39 is 41.7 Å². The number of sulfonamides is 1. The third-order valence-corrected chi connectivity index (χ3v) is 6.24. The molecule has 0 bridgehead atoms. The molecule has 0 aromatic heterocycles. The van der Waals surface area contributed by atoms with E-state index in [0.717, 1.165) is 7.05 Å². The van der Waals surface area contributed by atoms with Crippen molar-refractivity contribution in [1.82, 2.24) is 9.21 Å². The molecule has 0 aliphatic heterocycles. The van der Waals surface area contributed by atoms with E-state index in [1.165, 1.54) is 55.5 Å². The van der Waals surface area contributed by atoms with E-state index in [4.69, 9.17) is 5.26 Å². The highest BCUT2D eigenvalue weighted by molar-refractivity contribution is 7.89. The summed E-state index contributed by atoms with van der Waals surface area (Å²) in [6.45, 7) is -1.51. The van der Waals surface area contributed by atoms with Gasteiger partial charge in [-0.1, -0.05) is 12.1 Å². The van der Waals surface area contributed by atoms with Crippen LogP contribution in [-0.2, 0) is 26.2 Å². The molecule has 0 aliphatic rings. The van der Waals surface area contributed by atoms with Crippen molar-refractivity contribution in [2.75, 3.05) is 25.5 Å². The maximum Gasteiger partial charge on any atom is 0.406 e. The number of anilines is 1. The van der Waals surface area contributed by atoms with Gasteiger partial charge in [0.15, 0.2) is 0 Å². The third-order valence-electron chi connectivity index (χ3n) is 4.42. The lowest BCUT2D eigenvalue weighted by molar-refractivity contribution is -0.162. The van der Waals surface area contributed by atoms with Crippen LogP contribution in [-0.4, -0.2) is 55.8 Å². The number of benzene rings is 2. The summed E-state index contributed by atoms with van der Waals surface area (Å²) in [6, 6.07) is 12.7. The van der Waals surface area contributed by atoms with Gasteiger partial charge in [0.2, 0.25) is 21.8 Å². The molecule has 0 aliphatic carbocycles. The minimum absolute atomic E-state index is 0.193. The normalized spacial score (nSPS) is 11.7. The molecule has 0 saturated heterocycles. The first-order valence-corrected chi connectivity index (χ1v) is 10.9. The van der Waals surface area contributed by atoms with Crippen LogP contribution in [0.3, 0.4) is 0 Å². The number of alkyl halides is 3. The fourth-order valence-electron chi connectivity index (χ4n) is 2.82. The number of likely N-dealkylation sites (N-methyl/N-ethyl adjacent to an activating group) is 1. The van der Waals surface area contributed by atoms with Crippen LogP contribution in [0, 0.1) is 11.3 Å². The third kappa shape index (κ3) is 7.58. The van der Waals surface area contributed by atoms with Gasteiger partial charge in [0.1, 0.15) is 6.54 Å². The van der Waals surface area contributed by atoms with Crippen molar-refractivity contribution in [3.63, 3.8) is 0 Å². The van der Waals surface area contributed by atoms with E-state index in [2.05, 4.69) is 5.32 Å². The number of carbonyl (C=O) groups is 2. The molecule has 2 amide bonds. The summed E-state index contributed by atoms with van der Waals surface area (Å²) < 4.78 is 65.3. The minimum atomic E-state index is -4.70. The van der Waals surface area contributed by atoms with E-state index >= 15 is 0 Å².